The summed E-state index contributed by atoms with van der Waals surface area (Å²) in [6, 6.07) is 15.3. The summed E-state index contributed by atoms with van der Waals surface area (Å²) >= 11 is 10.1. The summed E-state index contributed by atoms with van der Waals surface area (Å²) in [4.78, 5) is 14.8. The van der Waals surface area contributed by atoms with Crippen molar-refractivity contribution in [2.45, 2.75) is 0 Å². The van der Waals surface area contributed by atoms with Crippen molar-refractivity contribution in [2.75, 3.05) is 19.1 Å². The average Bonchev–Trinajstić information content (AvgIpc) is 2.88. The van der Waals surface area contributed by atoms with Gasteiger partial charge in [0.25, 0.3) is 5.91 Å². The van der Waals surface area contributed by atoms with Crippen molar-refractivity contribution >= 4 is 61.9 Å². The monoisotopic (exact) mass is 434 g/mol. The zero-order chi connectivity index (χ0) is 17.8. The Balaban J connectivity index is 1.76. The van der Waals surface area contributed by atoms with Gasteiger partial charge in [0.1, 0.15) is 10.1 Å². The first-order valence-corrected chi connectivity index (χ1v) is 9.48. The van der Waals surface area contributed by atoms with E-state index in [0.29, 0.717) is 15.9 Å². The van der Waals surface area contributed by atoms with Gasteiger partial charge < -0.3 is 10.1 Å². The summed E-state index contributed by atoms with van der Waals surface area (Å²) < 4.78 is 6.80. The van der Waals surface area contributed by atoms with Crippen LogP contribution in [-0.4, -0.2) is 28.9 Å². The Hall–Kier alpha value is -1.83. The Morgan fingerprint density at radius 3 is 2.72 bits per heavy atom. The second-order valence-corrected chi connectivity index (χ2v) is 7.70. The van der Waals surface area contributed by atoms with Gasteiger partial charge >= 0.3 is 0 Å². The van der Waals surface area contributed by atoms with Crippen molar-refractivity contribution in [3.05, 3.63) is 63.5 Å². The van der Waals surface area contributed by atoms with Gasteiger partial charge in [0, 0.05) is 15.7 Å². The Kier molecular flexibility index (Phi) is 5.78. The minimum atomic E-state index is -0.111. The number of halogens is 1. The highest BCUT2D eigenvalue weighted by atomic mass is 79.9. The van der Waals surface area contributed by atoms with Gasteiger partial charge in [-0.15, -0.1) is 0 Å². The standard InChI is InChI=1S/C18H15BrN2O2S2/c1-23-15-9-5-2-6-12(15)10-16-17(22)21(18(24)25-16)11-20-14-8-4-3-7-13(14)19/h2-10,20H,11H2,1H3/b16-10+. The van der Waals surface area contributed by atoms with Crippen molar-refractivity contribution < 1.29 is 9.53 Å². The van der Waals surface area contributed by atoms with Crippen molar-refractivity contribution in [1.29, 1.82) is 0 Å². The van der Waals surface area contributed by atoms with E-state index in [1.807, 2.05) is 54.6 Å². The van der Waals surface area contributed by atoms with E-state index in [4.69, 9.17) is 17.0 Å². The number of para-hydroxylation sites is 2. The maximum absolute atomic E-state index is 12.7. The molecule has 1 aliphatic rings. The third-order valence-corrected chi connectivity index (χ3v) is 5.67. The number of thiocarbonyl (C=S) groups is 1. The first-order valence-electron chi connectivity index (χ1n) is 7.47. The highest BCUT2D eigenvalue weighted by Gasteiger charge is 2.32. The van der Waals surface area contributed by atoms with Crippen LogP contribution >= 0.6 is 39.9 Å². The quantitative estimate of drug-likeness (QED) is 0.544. The number of carbonyl (C=O) groups is 1. The van der Waals surface area contributed by atoms with Crippen LogP contribution in [0.2, 0.25) is 0 Å². The Bertz CT molecular complexity index is 854. The topological polar surface area (TPSA) is 41.6 Å². The van der Waals surface area contributed by atoms with E-state index in [1.54, 1.807) is 12.0 Å². The highest BCUT2D eigenvalue weighted by molar-refractivity contribution is 9.10. The van der Waals surface area contributed by atoms with E-state index >= 15 is 0 Å². The average molecular weight is 435 g/mol. The fraction of sp³-hybridized carbons (Fsp3) is 0.111. The zero-order valence-electron chi connectivity index (χ0n) is 13.4. The van der Waals surface area contributed by atoms with Crippen LogP contribution in [0, 0.1) is 0 Å². The second-order valence-electron chi connectivity index (χ2n) is 5.17. The number of nitrogens with one attached hydrogen (secondary N) is 1. The Labute approximate surface area is 164 Å². The molecule has 2 aromatic rings. The molecule has 25 heavy (non-hydrogen) atoms. The van der Waals surface area contributed by atoms with Crippen LogP contribution in [-0.2, 0) is 4.79 Å². The molecule has 0 aromatic heterocycles. The normalized spacial score (nSPS) is 15.8. The number of methoxy groups -OCH3 is 1. The molecule has 4 nitrogen and oxygen atoms in total. The van der Waals surface area contributed by atoms with E-state index in [0.717, 1.165) is 21.5 Å². The first-order chi connectivity index (χ1) is 12.1. The predicted molar refractivity (Wildman–Crippen MR) is 111 cm³/mol. The number of rotatable bonds is 5. The van der Waals surface area contributed by atoms with Crippen LogP contribution in [0.5, 0.6) is 5.75 Å². The fourth-order valence-electron chi connectivity index (χ4n) is 2.33. The van der Waals surface area contributed by atoms with Gasteiger partial charge in [0.2, 0.25) is 0 Å². The summed E-state index contributed by atoms with van der Waals surface area (Å²) in [6.45, 7) is 0.316. The van der Waals surface area contributed by atoms with Crippen LogP contribution in [0.1, 0.15) is 5.56 Å². The van der Waals surface area contributed by atoms with E-state index in [9.17, 15) is 4.79 Å². The maximum atomic E-state index is 12.7. The van der Waals surface area contributed by atoms with Gasteiger partial charge in [-0.3, -0.25) is 9.69 Å². The molecule has 1 fully saturated rings. The number of amides is 1. The summed E-state index contributed by atoms with van der Waals surface area (Å²) in [6.07, 6.45) is 1.82. The Morgan fingerprint density at radius 1 is 1.24 bits per heavy atom. The van der Waals surface area contributed by atoms with E-state index < -0.39 is 0 Å². The van der Waals surface area contributed by atoms with Crippen LogP contribution in [0.4, 0.5) is 5.69 Å². The smallest absolute Gasteiger partial charge is 0.267 e. The first kappa shape index (κ1) is 18.0. The molecule has 1 N–H and O–H groups in total. The van der Waals surface area contributed by atoms with Gasteiger partial charge in [0.15, 0.2) is 0 Å². The van der Waals surface area contributed by atoms with Crippen LogP contribution in [0.25, 0.3) is 6.08 Å². The Morgan fingerprint density at radius 2 is 1.96 bits per heavy atom. The van der Waals surface area contributed by atoms with Crippen molar-refractivity contribution in [3.8, 4) is 5.75 Å². The minimum Gasteiger partial charge on any atom is -0.496 e. The molecule has 7 heteroatoms. The molecule has 0 radical (unpaired) electrons. The lowest BCUT2D eigenvalue weighted by molar-refractivity contribution is -0.121. The number of nitrogens with zero attached hydrogens (tertiary/aromatic N) is 1. The van der Waals surface area contributed by atoms with Crippen molar-refractivity contribution in [1.82, 2.24) is 4.90 Å². The summed E-state index contributed by atoms with van der Waals surface area (Å²) in [7, 11) is 1.61. The van der Waals surface area contributed by atoms with E-state index in [2.05, 4.69) is 21.2 Å². The SMILES string of the molecule is COc1ccccc1/C=C1/SC(=S)N(CNc2ccccc2Br)C1=O. The number of hydrogen-bond donors (Lipinski definition) is 1. The molecule has 0 saturated carbocycles. The van der Waals surface area contributed by atoms with E-state index in [1.165, 1.54) is 11.8 Å². The van der Waals surface area contributed by atoms with Gasteiger partial charge in [-0.25, -0.2) is 0 Å². The molecule has 1 amide bonds. The molecule has 2 aromatic carbocycles. The molecular formula is C18H15BrN2O2S2. The van der Waals surface area contributed by atoms with Crippen molar-refractivity contribution in [3.63, 3.8) is 0 Å². The number of ether oxygens (including phenoxy) is 1. The van der Waals surface area contributed by atoms with Crippen LogP contribution < -0.4 is 10.1 Å². The van der Waals surface area contributed by atoms with Gasteiger partial charge in [0.05, 0.1) is 18.7 Å². The summed E-state index contributed by atoms with van der Waals surface area (Å²) in [5, 5.41) is 3.23. The number of anilines is 1. The van der Waals surface area contributed by atoms with E-state index in [-0.39, 0.29) is 5.91 Å². The van der Waals surface area contributed by atoms with Gasteiger partial charge in [-0.2, -0.15) is 0 Å². The molecule has 1 saturated heterocycles. The molecule has 3 rings (SSSR count). The number of benzene rings is 2. The molecule has 0 spiro atoms. The summed E-state index contributed by atoms with van der Waals surface area (Å²) in [5.41, 5.74) is 1.76. The molecule has 128 valence electrons. The van der Waals surface area contributed by atoms with Crippen LogP contribution in [0.15, 0.2) is 57.9 Å². The predicted octanol–water partition coefficient (Wildman–Crippen LogP) is 4.73. The van der Waals surface area contributed by atoms with Gasteiger partial charge in [-0.05, 0) is 40.2 Å². The molecule has 0 atom stereocenters. The lowest BCUT2D eigenvalue weighted by Crippen LogP contribution is -2.33. The number of thioether (sulfide) groups is 1. The zero-order valence-corrected chi connectivity index (χ0v) is 16.6. The van der Waals surface area contributed by atoms with Crippen molar-refractivity contribution in [2.24, 2.45) is 0 Å². The third kappa shape index (κ3) is 4.05. The molecular weight excluding hydrogens is 420 g/mol. The third-order valence-electron chi connectivity index (χ3n) is 3.60. The number of carbonyl (C=O) groups excluding carboxylic acids is 1. The minimum absolute atomic E-state index is 0.111. The number of hydrogen-bond acceptors (Lipinski definition) is 5. The molecule has 0 unspecified atom stereocenters. The molecule has 0 bridgehead atoms. The largest absolute Gasteiger partial charge is 0.496 e. The maximum Gasteiger partial charge on any atom is 0.267 e. The highest BCUT2D eigenvalue weighted by Crippen LogP contribution is 2.34. The fourth-order valence-corrected chi connectivity index (χ4v) is 4.00. The second kappa shape index (κ2) is 8.03. The molecule has 1 aliphatic heterocycles. The lowest BCUT2D eigenvalue weighted by Gasteiger charge is -2.17. The van der Waals surface area contributed by atoms with Crippen LogP contribution in [0.3, 0.4) is 0 Å². The molecule has 0 aliphatic carbocycles. The van der Waals surface area contributed by atoms with Gasteiger partial charge in [-0.1, -0.05) is 54.3 Å². The summed E-state index contributed by atoms with van der Waals surface area (Å²) in [5.74, 6) is 0.611. The molecule has 1 heterocycles. The lowest BCUT2D eigenvalue weighted by atomic mass is 10.2.